The van der Waals surface area contributed by atoms with E-state index >= 15 is 0 Å². The van der Waals surface area contributed by atoms with Gasteiger partial charge >= 0.3 is 77.6 Å². The van der Waals surface area contributed by atoms with Crippen LogP contribution in [0, 0.1) is 71.0 Å². The van der Waals surface area contributed by atoms with Crippen LogP contribution in [0.3, 0.4) is 0 Å². The van der Waals surface area contributed by atoms with Crippen molar-refractivity contribution >= 4 is 59.5 Å². The number of ether oxygens (including phenoxy) is 1. The van der Waals surface area contributed by atoms with E-state index in [9.17, 15) is 9.90 Å². The molecule has 0 saturated carbocycles. The summed E-state index contributed by atoms with van der Waals surface area (Å²) in [5, 5.41) is 24.6. The SMILES string of the molecule is C[Si](C)(C)c1cc[cH-]c1.C[Si](C)(C)c1cc[cH-]c1.C[Si](C)(C)c1ccc[cH-]1.C[Si](C)(C)c1ccc[cH-]1.O=[C-]Oc1ccc[cH-]1.[C-]#CC(C)(C)C.[C-]#CC(C)(C)C.[C-]#CC(C)(C)C.[C-]#CC(C)(C)C.[Cu+].[Cu].[Fe+2].[O-]C(O)=C1C=CC=C1.[Ti+4].[Ti+4]. The third kappa shape index (κ3) is 64.5. The Morgan fingerprint density at radius 3 is 0.914 bits per heavy atom. The Morgan fingerprint density at radius 1 is 0.519 bits per heavy atom. The molecule has 0 bridgehead atoms. The van der Waals surface area contributed by atoms with Gasteiger partial charge in [0.15, 0.2) is 6.47 Å². The van der Waals surface area contributed by atoms with Gasteiger partial charge in [-0.05, 0) is 27.2 Å². The van der Waals surface area contributed by atoms with Gasteiger partial charge < -0.3 is 69.1 Å². The zero-order valence-electron chi connectivity index (χ0n) is 53.5. The first-order chi connectivity index (χ1) is 34.4. The predicted molar refractivity (Wildman–Crippen MR) is 343 cm³/mol. The molecule has 0 aliphatic heterocycles. The minimum Gasteiger partial charge on any atom is -0.693 e. The maximum absolute atomic E-state index is 10.1. The van der Waals surface area contributed by atoms with Gasteiger partial charge in [0.1, 0.15) is 0 Å². The molecule has 13 heteroatoms. The van der Waals surface area contributed by atoms with Crippen LogP contribution >= 0.6 is 0 Å². The van der Waals surface area contributed by atoms with Gasteiger partial charge in [0.25, 0.3) is 0 Å². The number of aliphatic hydroxyl groups excluding tert-OH is 1. The molecule has 5 aromatic rings. The molecular formula is C68H97Cu2FeO4Si4Ti2. The first-order valence-electron chi connectivity index (χ1n) is 25.8. The summed E-state index contributed by atoms with van der Waals surface area (Å²) in [4.78, 5) is 9.52. The minimum absolute atomic E-state index is 0. The van der Waals surface area contributed by atoms with E-state index in [1.807, 2.05) is 83.1 Å². The molecule has 0 atom stereocenters. The average Bonchev–Trinajstić information content (AvgIpc) is 4.14. The van der Waals surface area contributed by atoms with Crippen LogP contribution in [0.1, 0.15) is 83.1 Å². The van der Waals surface area contributed by atoms with E-state index in [1.54, 1.807) is 69.3 Å². The number of aliphatic hydroxyl groups is 1. The van der Waals surface area contributed by atoms with Gasteiger partial charge in [0, 0.05) is 33.2 Å². The predicted octanol–water partition coefficient (Wildman–Crippen LogP) is 15.4. The fourth-order valence-corrected chi connectivity index (χ4v) is 9.25. The molecule has 1 aliphatic carbocycles. The molecule has 0 heterocycles. The van der Waals surface area contributed by atoms with Crippen LogP contribution in [-0.2, 0) is 99.4 Å². The van der Waals surface area contributed by atoms with Crippen LogP contribution in [-0.4, -0.2) is 43.9 Å². The fourth-order valence-electron chi connectivity index (χ4n) is 4.49. The molecule has 4 nitrogen and oxygen atoms in total. The van der Waals surface area contributed by atoms with E-state index in [4.69, 9.17) is 30.8 Å². The third-order valence-electron chi connectivity index (χ3n) is 9.32. The number of carbonyl (C=O) groups excluding carboxylic acids is 1. The molecule has 0 unspecified atom stereocenters. The Hall–Kier alpha value is -2.87. The Balaban J connectivity index is -0.000000101. The smallest absolute Gasteiger partial charge is 0.693 e. The van der Waals surface area contributed by atoms with E-state index in [2.05, 4.69) is 204 Å². The summed E-state index contributed by atoms with van der Waals surface area (Å²) < 4.78 is 4.34. The van der Waals surface area contributed by atoms with Crippen LogP contribution < -0.4 is 30.6 Å². The Labute approximate surface area is 563 Å². The van der Waals surface area contributed by atoms with Crippen LogP contribution in [0.2, 0.25) is 78.6 Å². The largest absolute Gasteiger partial charge is 4.00 e. The molecule has 6 rings (SSSR count). The second-order valence-electron chi connectivity index (χ2n) is 26.0. The Morgan fingerprint density at radius 2 is 0.790 bits per heavy atom. The molecule has 0 amide bonds. The Kier molecular flexibility index (Phi) is 58.1. The van der Waals surface area contributed by atoms with E-state index in [1.165, 1.54) is 6.47 Å². The molecule has 0 spiro atoms. The molecule has 0 aromatic heterocycles. The summed E-state index contributed by atoms with van der Waals surface area (Å²) in [6.45, 7) is 53.0. The number of hydrogen-bond acceptors (Lipinski definition) is 4. The molecule has 81 heavy (non-hydrogen) atoms. The first-order valence-corrected chi connectivity index (χ1v) is 39.8. The van der Waals surface area contributed by atoms with Gasteiger partial charge in [-0.3, -0.25) is 6.07 Å². The number of hydrogen-bond donors (Lipinski definition) is 1. The van der Waals surface area contributed by atoms with Crippen molar-refractivity contribution in [3.63, 3.8) is 0 Å². The molecule has 1 aliphatic rings. The number of allylic oxidation sites excluding steroid dienone is 5. The summed E-state index contributed by atoms with van der Waals surface area (Å²) in [6.07, 6.45) is 32.9. The summed E-state index contributed by atoms with van der Waals surface area (Å²) in [5.41, 5.74) is 0.185. The summed E-state index contributed by atoms with van der Waals surface area (Å²) >= 11 is 0. The van der Waals surface area contributed by atoms with Crippen molar-refractivity contribution < 1.29 is 114 Å². The van der Waals surface area contributed by atoms with Crippen LogP contribution in [0.5, 0.6) is 5.75 Å². The molecule has 0 fully saturated rings. The fraction of sp³-hybridized carbons (Fsp3) is 0.412. The van der Waals surface area contributed by atoms with Crippen molar-refractivity contribution in [1.82, 2.24) is 0 Å². The second kappa shape index (κ2) is 48.4. The topological polar surface area (TPSA) is 69.6 Å². The van der Waals surface area contributed by atoms with Crippen molar-refractivity contribution in [2.24, 2.45) is 21.7 Å². The maximum Gasteiger partial charge on any atom is 4.00 e. The molecule has 1 radical (unpaired) electrons. The van der Waals surface area contributed by atoms with Crippen molar-refractivity contribution in [3.8, 4) is 29.4 Å². The van der Waals surface area contributed by atoms with E-state index < -0.39 is 38.2 Å². The molecule has 5 aromatic carbocycles. The molecular weight excluding hydrogens is 1270 g/mol. The van der Waals surface area contributed by atoms with Crippen molar-refractivity contribution in [2.45, 2.75) is 162 Å². The van der Waals surface area contributed by atoms with Gasteiger partial charge in [-0.1, -0.05) is 186 Å². The van der Waals surface area contributed by atoms with Crippen molar-refractivity contribution in [2.75, 3.05) is 0 Å². The Bertz CT molecular complexity index is 2180. The normalized spacial score (nSPS) is 10.7. The summed E-state index contributed by atoms with van der Waals surface area (Å²) in [7, 11) is -3.92. The van der Waals surface area contributed by atoms with Gasteiger partial charge in [-0.15, -0.1) is 0 Å². The maximum atomic E-state index is 10.1. The van der Waals surface area contributed by atoms with E-state index in [0.29, 0.717) is 11.3 Å². The summed E-state index contributed by atoms with van der Waals surface area (Å²) in [5.74, 6) is 9.09. The molecule has 447 valence electrons. The van der Waals surface area contributed by atoms with Gasteiger partial charge in [-0.2, -0.15) is 82.9 Å². The van der Waals surface area contributed by atoms with Crippen molar-refractivity contribution in [1.29, 1.82) is 0 Å². The quantitative estimate of drug-likeness (QED) is 0.0796. The monoisotopic (exact) mass is 1370 g/mol. The zero-order valence-corrected chi connectivity index (χ0v) is 63.6. The van der Waals surface area contributed by atoms with E-state index in [-0.39, 0.29) is 116 Å². The molecule has 0 saturated heterocycles. The summed E-state index contributed by atoms with van der Waals surface area (Å²) in [6, 6.07) is 41.7. The van der Waals surface area contributed by atoms with E-state index in [0.717, 1.165) is 0 Å². The standard InChI is InChI=1S/4C8H13Si.C6H4O2.C6H6O2.4C6H9.2Cu.Fe.2Ti/c4*1-9(2,3)8-6-4-5-7-8;7-5-8-6-3-1-2-4-6;7-6(8)5-3-1-2-4-5;4*1-5-6(2,3)4;;;;;/h4*4-7H,1-3H3;1-4H;1-4,7-8H;4*2-4H3;;;;;/q4*-1;-2;;4*-1;;+1;+2;2*+4/p-1. The van der Waals surface area contributed by atoms with Gasteiger partial charge in [0.2, 0.25) is 0 Å². The van der Waals surface area contributed by atoms with Crippen LogP contribution in [0.15, 0.2) is 157 Å². The van der Waals surface area contributed by atoms with Crippen LogP contribution in [0.4, 0.5) is 0 Å². The van der Waals surface area contributed by atoms with Crippen LogP contribution in [0.25, 0.3) is 0 Å². The third-order valence-corrected chi connectivity index (χ3v) is 17.6. The second-order valence-corrected chi connectivity index (χ2v) is 46.3. The van der Waals surface area contributed by atoms with Crippen molar-refractivity contribution in [3.05, 3.63) is 183 Å². The van der Waals surface area contributed by atoms with Gasteiger partial charge in [0.05, 0.1) is 22.1 Å². The molecule has 1 N–H and O–H groups in total. The average molecular weight is 1370 g/mol. The minimum atomic E-state index is -0.981. The van der Waals surface area contributed by atoms with Gasteiger partial charge in [-0.25, -0.2) is 58.9 Å². The first kappa shape index (κ1) is 97.3. The number of rotatable bonds is 6. The zero-order chi connectivity index (χ0) is 60.3.